The van der Waals surface area contributed by atoms with Gasteiger partial charge in [0, 0.05) is 10.0 Å². The normalized spacial score (nSPS) is 10.3. The lowest BCUT2D eigenvalue weighted by molar-refractivity contribution is 0.102. The van der Waals surface area contributed by atoms with Crippen LogP contribution in [0, 0.1) is 6.92 Å². The average Bonchev–Trinajstić information content (AvgIpc) is 2.37. The maximum atomic E-state index is 12.1. The Labute approximate surface area is 124 Å². The van der Waals surface area contributed by atoms with Gasteiger partial charge in [0.2, 0.25) is 0 Å². The van der Waals surface area contributed by atoms with Crippen molar-refractivity contribution >= 4 is 39.1 Å². The molecule has 0 aliphatic rings. The van der Waals surface area contributed by atoms with Crippen LogP contribution in [0.2, 0.25) is 5.02 Å². The van der Waals surface area contributed by atoms with Crippen molar-refractivity contribution < 1.29 is 9.90 Å². The number of benzene rings is 2. The highest BCUT2D eigenvalue weighted by atomic mass is 79.9. The summed E-state index contributed by atoms with van der Waals surface area (Å²) in [6, 6.07) is 10.0. The molecule has 0 atom stereocenters. The van der Waals surface area contributed by atoms with Crippen molar-refractivity contribution in [2.45, 2.75) is 6.92 Å². The van der Waals surface area contributed by atoms with E-state index in [0.717, 1.165) is 10.0 Å². The monoisotopic (exact) mass is 339 g/mol. The maximum Gasteiger partial charge on any atom is 0.255 e. The Morgan fingerprint density at radius 1 is 1.26 bits per heavy atom. The first kappa shape index (κ1) is 13.9. The van der Waals surface area contributed by atoms with E-state index in [2.05, 4.69) is 21.2 Å². The molecular weight excluding hydrogens is 330 g/mol. The lowest BCUT2D eigenvalue weighted by Crippen LogP contribution is -2.12. The van der Waals surface area contributed by atoms with Crippen LogP contribution >= 0.6 is 27.5 Å². The van der Waals surface area contributed by atoms with Crippen molar-refractivity contribution in [2.75, 3.05) is 5.32 Å². The Morgan fingerprint density at radius 2 is 2.00 bits per heavy atom. The lowest BCUT2D eigenvalue weighted by atomic mass is 10.2. The van der Waals surface area contributed by atoms with E-state index in [9.17, 15) is 9.90 Å². The fraction of sp³-hybridized carbons (Fsp3) is 0.0714. The van der Waals surface area contributed by atoms with E-state index in [1.165, 1.54) is 18.2 Å². The smallest absolute Gasteiger partial charge is 0.255 e. The molecule has 1 amide bonds. The van der Waals surface area contributed by atoms with Gasteiger partial charge in [-0.15, -0.1) is 0 Å². The highest BCUT2D eigenvalue weighted by Crippen LogP contribution is 2.26. The second kappa shape index (κ2) is 5.63. The van der Waals surface area contributed by atoms with Crippen LogP contribution in [0.15, 0.2) is 40.9 Å². The van der Waals surface area contributed by atoms with Crippen LogP contribution in [0.3, 0.4) is 0 Å². The molecule has 0 heterocycles. The Bertz CT molecular complexity index is 643. The van der Waals surface area contributed by atoms with Gasteiger partial charge >= 0.3 is 0 Å². The summed E-state index contributed by atoms with van der Waals surface area (Å²) >= 11 is 9.15. The van der Waals surface area contributed by atoms with Gasteiger partial charge in [-0.05, 0) is 58.7 Å². The summed E-state index contributed by atoms with van der Waals surface area (Å²) < 4.78 is 0.802. The molecule has 0 aromatic heterocycles. The molecule has 0 saturated carbocycles. The minimum Gasteiger partial charge on any atom is -0.506 e. The second-order valence-corrected chi connectivity index (χ2v) is 5.37. The molecule has 0 radical (unpaired) electrons. The van der Waals surface area contributed by atoms with Crippen LogP contribution in [0.4, 0.5) is 5.69 Å². The van der Waals surface area contributed by atoms with E-state index >= 15 is 0 Å². The molecule has 3 nitrogen and oxygen atoms in total. The molecule has 2 aromatic rings. The zero-order valence-corrected chi connectivity index (χ0v) is 12.4. The minimum absolute atomic E-state index is 0.0463. The minimum atomic E-state index is -0.284. The number of hydrogen-bond acceptors (Lipinski definition) is 2. The quantitative estimate of drug-likeness (QED) is 0.853. The predicted molar refractivity (Wildman–Crippen MR) is 79.9 cm³/mol. The maximum absolute atomic E-state index is 12.1. The number of aryl methyl sites for hydroxylation is 1. The molecule has 98 valence electrons. The topological polar surface area (TPSA) is 49.3 Å². The summed E-state index contributed by atoms with van der Waals surface area (Å²) in [6.07, 6.45) is 0. The third kappa shape index (κ3) is 3.28. The summed E-state index contributed by atoms with van der Waals surface area (Å²) in [6.45, 7) is 1.94. The summed E-state index contributed by atoms with van der Waals surface area (Å²) in [5.74, 6) is -0.330. The summed E-state index contributed by atoms with van der Waals surface area (Å²) in [5.41, 5.74) is 2.12. The molecule has 0 saturated heterocycles. The highest BCUT2D eigenvalue weighted by molar-refractivity contribution is 9.10. The molecule has 2 aromatic carbocycles. The fourth-order valence-corrected chi connectivity index (χ4v) is 2.10. The Morgan fingerprint density at radius 3 is 2.68 bits per heavy atom. The number of nitrogens with one attached hydrogen (secondary N) is 1. The second-order valence-electron chi connectivity index (χ2n) is 4.10. The standard InChI is InChI=1S/C14H11BrClNO2/c1-8-2-4-10(15)12(6-8)17-14(19)9-3-5-13(18)11(16)7-9/h2-7,18H,1H3,(H,17,19). The molecule has 2 rings (SSSR count). The average molecular weight is 341 g/mol. The van der Waals surface area contributed by atoms with E-state index in [0.29, 0.717) is 11.3 Å². The Hall–Kier alpha value is -1.52. The number of carbonyl (C=O) groups excluding carboxylic acids is 1. The zero-order chi connectivity index (χ0) is 14.0. The molecule has 0 unspecified atom stereocenters. The van der Waals surface area contributed by atoms with Gasteiger partial charge < -0.3 is 10.4 Å². The predicted octanol–water partition coefficient (Wildman–Crippen LogP) is 4.37. The van der Waals surface area contributed by atoms with Gasteiger partial charge in [-0.3, -0.25) is 4.79 Å². The first-order valence-corrected chi connectivity index (χ1v) is 6.70. The van der Waals surface area contributed by atoms with Crippen LogP contribution in [0.5, 0.6) is 5.75 Å². The molecular formula is C14H11BrClNO2. The number of aromatic hydroxyl groups is 1. The Balaban J connectivity index is 2.25. The van der Waals surface area contributed by atoms with Gasteiger partial charge in [0.05, 0.1) is 10.7 Å². The first-order valence-electron chi connectivity index (χ1n) is 5.53. The highest BCUT2D eigenvalue weighted by Gasteiger charge is 2.10. The fourth-order valence-electron chi connectivity index (χ4n) is 1.58. The van der Waals surface area contributed by atoms with Gasteiger partial charge in [-0.2, -0.15) is 0 Å². The summed E-state index contributed by atoms with van der Waals surface area (Å²) in [7, 11) is 0. The summed E-state index contributed by atoms with van der Waals surface area (Å²) in [5, 5.41) is 12.3. The van der Waals surface area contributed by atoms with Gasteiger partial charge in [-0.1, -0.05) is 17.7 Å². The van der Waals surface area contributed by atoms with Crippen molar-refractivity contribution in [1.29, 1.82) is 0 Å². The number of rotatable bonds is 2. The van der Waals surface area contributed by atoms with Gasteiger partial charge in [-0.25, -0.2) is 0 Å². The number of anilines is 1. The molecule has 0 aliphatic heterocycles. The van der Waals surface area contributed by atoms with Crippen molar-refractivity contribution in [3.05, 3.63) is 57.0 Å². The Kier molecular flexibility index (Phi) is 4.12. The molecule has 0 bridgehead atoms. The lowest BCUT2D eigenvalue weighted by Gasteiger charge is -2.09. The number of phenols is 1. The van der Waals surface area contributed by atoms with E-state index in [1.54, 1.807) is 0 Å². The molecule has 0 aliphatic carbocycles. The van der Waals surface area contributed by atoms with Gasteiger partial charge in [0.25, 0.3) is 5.91 Å². The van der Waals surface area contributed by atoms with Crippen molar-refractivity contribution in [1.82, 2.24) is 0 Å². The largest absolute Gasteiger partial charge is 0.506 e. The van der Waals surface area contributed by atoms with Crippen LogP contribution in [-0.4, -0.2) is 11.0 Å². The van der Waals surface area contributed by atoms with Crippen LogP contribution in [-0.2, 0) is 0 Å². The third-order valence-electron chi connectivity index (χ3n) is 2.58. The molecule has 2 N–H and O–H groups in total. The van der Waals surface area contributed by atoms with E-state index in [-0.39, 0.29) is 16.7 Å². The number of hydrogen-bond donors (Lipinski definition) is 2. The third-order valence-corrected chi connectivity index (χ3v) is 3.57. The van der Waals surface area contributed by atoms with E-state index in [4.69, 9.17) is 11.6 Å². The first-order chi connectivity index (χ1) is 8.97. The molecule has 19 heavy (non-hydrogen) atoms. The summed E-state index contributed by atoms with van der Waals surface area (Å²) in [4.78, 5) is 12.1. The van der Waals surface area contributed by atoms with Crippen LogP contribution in [0.25, 0.3) is 0 Å². The SMILES string of the molecule is Cc1ccc(Br)c(NC(=O)c2ccc(O)c(Cl)c2)c1. The molecule has 0 fully saturated rings. The van der Waals surface area contributed by atoms with E-state index < -0.39 is 0 Å². The van der Waals surface area contributed by atoms with Crippen LogP contribution < -0.4 is 5.32 Å². The number of carbonyl (C=O) groups is 1. The number of phenolic OH excluding ortho intramolecular Hbond substituents is 1. The number of amides is 1. The van der Waals surface area contributed by atoms with Crippen molar-refractivity contribution in [3.63, 3.8) is 0 Å². The van der Waals surface area contributed by atoms with Gasteiger partial charge in [0.15, 0.2) is 0 Å². The molecule has 5 heteroatoms. The van der Waals surface area contributed by atoms with Crippen molar-refractivity contribution in [3.8, 4) is 5.75 Å². The molecule has 0 spiro atoms. The van der Waals surface area contributed by atoms with E-state index in [1.807, 2.05) is 25.1 Å². The van der Waals surface area contributed by atoms with Gasteiger partial charge in [0.1, 0.15) is 5.75 Å². The zero-order valence-electron chi connectivity index (χ0n) is 10.1. The van der Waals surface area contributed by atoms with Crippen LogP contribution in [0.1, 0.15) is 15.9 Å². The van der Waals surface area contributed by atoms with Crippen molar-refractivity contribution in [2.24, 2.45) is 0 Å². The number of halogens is 2.